The third-order valence-electron chi connectivity index (χ3n) is 1.19. The Labute approximate surface area is 71.7 Å². The number of rotatable bonds is 3. The fourth-order valence-electron chi connectivity index (χ4n) is 0.540. The lowest BCUT2D eigenvalue weighted by molar-refractivity contribution is -0.142. The van der Waals surface area contributed by atoms with Crippen molar-refractivity contribution in [1.82, 2.24) is 0 Å². The monoisotopic (exact) mass is 176 g/mol. The summed E-state index contributed by atoms with van der Waals surface area (Å²) in [5.41, 5.74) is 0. The van der Waals surface area contributed by atoms with Crippen LogP contribution in [0.2, 0.25) is 0 Å². The minimum atomic E-state index is -0.449. The number of hydrogen-bond donors (Lipinski definition) is 0. The second kappa shape index (κ2) is 5.07. The van der Waals surface area contributed by atoms with Gasteiger partial charge in [-0.25, -0.2) is 0 Å². The Morgan fingerprint density at radius 2 is 2.18 bits per heavy atom. The van der Waals surface area contributed by atoms with Crippen LogP contribution in [0.25, 0.3) is 0 Å². The SMILES string of the molecule is CCOC(=S)C(C)C(=O)OC. The molecule has 0 aliphatic heterocycles. The van der Waals surface area contributed by atoms with Crippen LogP contribution in [0.4, 0.5) is 0 Å². The van der Waals surface area contributed by atoms with Gasteiger partial charge in [0.25, 0.3) is 0 Å². The van der Waals surface area contributed by atoms with Crippen LogP contribution in [-0.4, -0.2) is 24.7 Å². The van der Waals surface area contributed by atoms with Crippen LogP contribution in [0.1, 0.15) is 13.8 Å². The van der Waals surface area contributed by atoms with E-state index in [1.165, 1.54) is 7.11 Å². The third kappa shape index (κ3) is 3.32. The Morgan fingerprint density at radius 1 is 1.64 bits per heavy atom. The maximum Gasteiger partial charge on any atom is 0.316 e. The number of ether oxygens (including phenoxy) is 2. The average molecular weight is 176 g/mol. The Balaban J connectivity index is 3.91. The van der Waals surface area contributed by atoms with Gasteiger partial charge in [-0.1, -0.05) is 0 Å². The minimum absolute atomic E-state index is 0.291. The second-order valence-electron chi connectivity index (χ2n) is 2.00. The van der Waals surface area contributed by atoms with Gasteiger partial charge in [0.15, 0.2) is 5.05 Å². The largest absolute Gasteiger partial charge is 0.486 e. The summed E-state index contributed by atoms with van der Waals surface area (Å²) in [6.45, 7) is 3.96. The minimum Gasteiger partial charge on any atom is -0.486 e. The molecule has 0 amide bonds. The van der Waals surface area contributed by atoms with E-state index in [4.69, 9.17) is 17.0 Å². The molecular formula is C7H12O3S. The molecule has 1 unspecified atom stereocenters. The van der Waals surface area contributed by atoms with Crippen molar-refractivity contribution in [1.29, 1.82) is 0 Å². The van der Waals surface area contributed by atoms with Crippen LogP contribution in [0.3, 0.4) is 0 Å². The molecule has 0 aromatic carbocycles. The molecule has 0 heterocycles. The van der Waals surface area contributed by atoms with Crippen molar-refractivity contribution in [2.45, 2.75) is 13.8 Å². The van der Waals surface area contributed by atoms with Crippen LogP contribution < -0.4 is 0 Å². The Morgan fingerprint density at radius 3 is 2.55 bits per heavy atom. The number of methoxy groups -OCH3 is 1. The quantitative estimate of drug-likeness (QED) is 0.477. The number of esters is 1. The highest BCUT2D eigenvalue weighted by molar-refractivity contribution is 7.80. The topological polar surface area (TPSA) is 35.5 Å². The predicted octanol–water partition coefficient (Wildman–Crippen LogP) is 1.16. The van der Waals surface area contributed by atoms with E-state index >= 15 is 0 Å². The molecule has 0 aliphatic carbocycles. The third-order valence-corrected chi connectivity index (χ3v) is 1.67. The van der Waals surface area contributed by atoms with Crippen molar-refractivity contribution in [3.05, 3.63) is 0 Å². The fraction of sp³-hybridized carbons (Fsp3) is 0.714. The zero-order chi connectivity index (χ0) is 8.85. The summed E-state index contributed by atoms with van der Waals surface area (Å²) in [5.74, 6) is -0.807. The highest BCUT2D eigenvalue weighted by atomic mass is 32.1. The highest BCUT2D eigenvalue weighted by Crippen LogP contribution is 2.02. The molecule has 0 bridgehead atoms. The van der Waals surface area contributed by atoms with Gasteiger partial charge in [0.2, 0.25) is 0 Å². The summed E-state index contributed by atoms with van der Waals surface area (Å²) >= 11 is 4.80. The van der Waals surface area contributed by atoms with Gasteiger partial charge < -0.3 is 9.47 Å². The van der Waals surface area contributed by atoms with Gasteiger partial charge in [0.1, 0.15) is 5.92 Å². The van der Waals surface area contributed by atoms with Crippen molar-refractivity contribution in [2.24, 2.45) is 5.92 Å². The molecule has 0 N–H and O–H groups in total. The van der Waals surface area contributed by atoms with Gasteiger partial charge in [0.05, 0.1) is 13.7 Å². The first-order valence-electron chi connectivity index (χ1n) is 3.38. The first-order valence-corrected chi connectivity index (χ1v) is 3.78. The summed E-state index contributed by atoms with van der Waals surface area (Å²) in [6.07, 6.45) is 0. The predicted molar refractivity (Wildman–Crippen MR) is 45.4 cm³/mol. The van der Waals surface area contributed by atoms with Gasteiger partial charge >= 0.3 is 5.97 Å². The fourth-order valence-corrected chi connectivity index (χ4v) is 0.754. The van der Waals surface area contributed by atoms with E-state index in [0.717, 1.165) is 0 Å². The van der Waals surface area contributed by atoms with Gasteiger partial charge in [0, 0.05) is 0 Å². The van der Waals surface area contributed by atoms with Gasteiger partial charge in [-0.3, -0.25) is 4.79 Å². The van der Waals surface area contributed by atoms with E-state index < -0.39 is 5.92 Å². The smallest absolute Gasteiger partial charge is 0.316 e. The van der Waals surface area contributed by atoms with Crippen LogP contribution in [0, 0.1) is 5.92 Å². The first-order chi connectivity index (χ1) is 5.13. The lowest BCUT2D eigenvalue weighted by Crippen LogP contribution is -2.22. The lowest BCUT2D eigenvalue weighted by Gasteiger charge is -2.10. The van der Waals surface area contributed by atoms with E-state index in [9.17, 15) is 4.79 Å². The molecule has 11 heavy (non-hydrogen) atoms. The molecule has 0 aromatic rings. The first kappa shape index (κ1) is 10.4. The summed E-state index contributed by atoms with van der Waals surface area (Å²) in [4.78, 5) is 10.8. The summed E-state index contributed by atoms with van der Waals surface area (Å²) < 4.78 is 9.43. The molecule has 3 nitrogen and oxygen atoms in total. The van der Waals surface area contributed by atoms with Crippen LogP contribution >= 0.6 is 12.2 Å². The Kier molecular flexibility index (Phi) is 4.77. The molecule has 64 valence electrons. The van der Waals surface area contributed by atoms with Gasteiger partial charge in [-0.2, -0.15) is 0 Å². The van der Waals surface area contributed by atoms with Crippen LogP contribution in [0.5, 0.6) is 0 Å². The molecule has 0 saturated carbocycles. The molecule has 0 saturated heterocycles. The zero-order valence-electron chi connectivity index (χ0n) is 6.92. The van der Waals surface area contributed by atoms with E-state index in [1.54, 1.807) is 6.92 Å². The van der Waals surface area contributed by atoms with E-state index in [-0.39, 0.29) is 5.97 Å². The van der Waals surface area contributed by atoms with E-state index in [1.807, 2.05) is 6.92 Å². The standard InChI is InChI=1S/C7H12O3S/c1-4-10-7(11)5(2)6(8)9-3/h5H,4H2,1-3H3. The second-order valence-corrected chi connectivity index (χ2v) is 2.40. The summed E-state index contributed by atoms with van der Waals surface area (Å²) in [7, 11) is 1.33. The Hall–Kier alpha value is -0.640. The van der Waals surface area contributed by atoms with E-state index in [0.29, 0.717) is 11.7 Å². The number of carbonyl (C=O) groups is 1. The highest BCUT2D eigenvalue weighted by Gasteiger charge is 2.18. The maximum atomic E-state index is 10.8. The lowest BCUT2D eigenvalue weighted by atomic mass is 10.2. The molecule has 4 heteroatoms. The molecule has 0 fully saturated rings. The summed E-state index contributed by atoms with van der Waals surface area (Å²) in [6, 6.07) is 0. The average Bonchev–Trinajstić information content (AvgIpc) is 2.02. The number of thiocarbonyl (C=S) groups is 1. The maximum absolute atomic E-state index is 10.8. The molecular weight excluding hydrogens is 164 g/mol. The molecule has 1 atom stereocenters. The zero-order valence-corrected chi connectivity index (χ0v) is 7.73. The Bertz CT molecular complexity index is 156. The number of carbonyl (C=O) groups excluding carboxylic acids is 1. The normalized spacial score (nSPS) is 11.9. The van der Waals surface area contributed by atoms with Crippen molar-refractivity contribution in [2.75, 3.05) is 13.7 Å². The molecule has 0 spiro atoms. The molecule has 0 aromatic heterocycles. The number of hydrogen-bond acceptors (Lipinski definition) is 4. The van der Waals surface area contributed by atoms with Crippen molar-refractivity contribution < 1.29 is 14.3 Å². The van der Waals surface area contributed by atoms with Gasteiger partial charge in [-0.05, 0) is 26.1 Å². The molecule has 0 aliphatic rings. The van der Waals surface area contributed by atoms with Crippen LogP contribution in [-0.2, 0) is 14.3 Å². The molecule has 0 rings (SSSR count). The van der Waals surface area contributed by atoms with Crippen molar-refractivity contribution in [3.63, 3.8) is 0 Å². The van der Waals surface area contributed by atoms with Crippen molar-refractivity contribution >= 4 is 23.2 Å². The van der Waals surface area contributed by atoms with Crippen LogP contribution in [0.15, 0.2) is 0 Å². The van der Waals surface area contributed by atoms with Gasteiger partial charge in [-0.15, -0.1) is 0 Å². The van der Waals surface area contributed by atoms with Crippen molar-refractivity contribution in [3.8, 4) is 0 Å². The summed E-state index contributed by atoms with van der Waals surface area (Å²) in [5, 5.41) is 0.291. The molecule has 0 radical (unpaired) electrons. The van der Waals surface area contributed by atoms with E-state index in [2.05, 4.69) is 4.74 Å².